The molecule has 2 aromatic rings. The van der Waals surface area contributed by atoms with Crippen LogP contribution in [0.4, 0.5) is 0 Å². The summed E-state index contributed by atoms with van der Waals surface area (Å²) in [6, 6.07) is 4.98. The van der Waals surface area contributed by atoms with Crippen molar-refractivity contribution in [2.75, 3.05) is 14.2 Å². The molecule has 0 amide bonds. The zero-order valence-electron chi connectivity index (χ0n) is 10.4. The van der Waals surface area contributed by atoms with Crippen molar-refractivity contribution in [3.63, 3.8) is 0 Å². The van der Waals surface area contributed by atoms with Crippen molar-refractivity contribution in [1.29, 1.82) is 0 Å². The van der Waals surface area contributed by atoms with Crippen molar-refractivity contribution in [2.24, 2.45) is 7.05 Å². The Hall–Kier alpha value is -2.30. The van der Waals surface area contributed by atoms with Crippen molar-refractivity contribution in [1.82, 2.24) is 4.57 Å². The first-order valence-corrected chi connectivity index (χ1v) is 5.33. The van der Waals surface area contributed by atoms with Crippen molar-refractivity contribution in [3.05, 3.63) is 34.2 Å². The zero-order chi connectivity index (χ0) is 13.3. The van der Waals surface area contributed by atoms with Crippen molar-refractivity contribution in [2.45, 2.75) is 0 Å². The van der Waals surface area contributed by atoms with Gasteiger partial charge >= 0.3 is 0 Å². The van der Waals surface area contributed by atoms with Gasteiger partial charge in [-0.05, 0) is 17.5 Å². The molecule has 0 aliphatic heterocycles. The fourth-order valence-electron chi connectivity index (χ4n) is 1.89. The topological polar surface area (TPSA) is 57.5 Å². The van der Waals surface area contributed by atoms with Gasteiger partial charge in [-0.15, -0.1) is 0 Å². The standard InChI is InChI=1S/C13H13NO4/c1-14-9(7-15)4-8-5-10(17-2)6-11(18-3)12(8)13(14)16/h4-7H,1-3H3. The number of pyridine rings is 1. The predicted molar refractivity (Wildman–Crippen MR) is 67.7 cm³/mol. The van der Waals surface area contributed by atoms with E-state index in [2.05, 4.69) is 0 Å². The lowest BCUT2D eigenvalue weighted by Gasteiger charge is -2.10. The molecular weight excluding hydrogens is 234 g/mol. The number of benzene rings is 1. The Morgan fingerprint density at radius 2 is 1.89 bits per heavy atom. The van der Waals surface area contributed by atoms with Crippen LogP contribution in [0.15, 0.2) is 23.0 Å². The van der Waals surface area contributed by atoms with Crippen molar-refractivity contribution in [3.8, 4) is 11.5 Å². The first kappa shape index (κ1) is 12.2. The monoisotopic (exact) mass is 247 g/mol. The van der Waals surface area contributed by atoms with Crippen LogP contribution in [-0.2, 0) is 7.05 Å². The average Bonchev–Trinajstić information content (AvgIpc) is 2.41. The number of carbonyl (C=O) groups is 1. The second-order valence-corrected chi connectivity index (χ2v) is 3.85. The highest BCUT2D eigenvalue weighted by molar-refractivity contribution is 5.92. The van der Waals surface area contributed by atoms with Crippen LogP contribution >= 0.6 is 0 Å². The molecule has 1 aromatic heterocycles. The average molecular weight is 247 g/mol. The van der Waals surface area contributed by atoms with E-state index in [0.29, 0.717) is 34.3 Å². The number of methoxy groups -OCH3 is 2. The van der Waals surface area contributed by atoms with E-state index in [1.165, 1.54) is 18.8 Å². The lowest BCUT2D eigenvalue weighted by Crippen LogP contribution is -2.20. The van der Waals surface area contributed by atoms with Crippen LogP contribution < -0.4 is 15.0 Å². The molecule has 0 saturated carbocycles. The summed E-state index contributed by atoms with van der Waals surface area (Å²) in [4.78, 5) is 23.1. The largest absolute Gasteiger partial charge is 0.497 e. The van der Waals surface area contributed by atoms with Gasteiger partial charge in [-0.1, -0.05) is 0 Å². The quantitative estimate of drug-likeness (QED) is 0.769. The SMILES string of the molecule is COc1cc(OC)c2c(=O)n(C)c(C=O)cc2c1. The second kappa shape index (κ2) is 4.52. The van der Waals surface area contributed by atoms with Crippen LogP contribution in [-0.4, -0.2) is 25.1 Å². The van der Waals surface area contributed by atoms with E-state index in [1.54, 1.807) is 25.2 Å². The maximum absolute atomic E-state index is 12.2. The maximum atomic E-state index is 12.2. The van der Waals surface area contributed by atoms with E-state index in [-0.39, 0.29) is 5.56 Å². The Balaban J connectivity index is 2.96. The molecule has 18 heavy (non-hydrogen) atoms. The van der Waals surface area contributed by atoms with E-state index in [9.17, 15) is 9.59 Å². The molecule has 2 rings (SSSR count). The lowest BCUT2D eigenvalue weighted by atomic mass is 10.1. The highest BCUT2D eigenvalue weighted by Crippen LogP contribution is 2.28. The van der Waals surface area contributed by atoms with Crippen LogP contribution in [0.3, 0.4) is 0 Å². The summed E-state index contributed by atoms with van der Waals surface area (Å²) in [5.74, 6) is 1.01. The fourth-order valence-corrected chi connectivity index (χ4v) is 1.89. The summed E-state index contributed by atoms with van der Waals surface area (Å²) in [6.45, 7) is 0. The van der Waals surface area contributed by atoms with Crippen molar-refractivity contribution >= 4 is 17.1 Å². The number of aromatic nitrogens is 1. The number of fused-ring (bicyclic) bond motifs is 1. The predicted octanol–water partition coefficient (Wildman–Crippen LogP) is 1.37. The van der Waals surface area contributed by atoms with Crippen LogP contribution in [0.2, 0.25) is 0 Å². The number of aldehydes is 1. The van der Waals surface area contributed by atoms with Crippen LogP contribution in [0.1, 0.15) is 10.5 Å². The summed E-state index contributed by atoms with van der Waals surface area (Å²) < 4.78 is 11.6. The van der Waals surface area contributed by atoms with Gasteiger partial charge in [0.05, 0.1) is 25.3 Å². The Morgan fingerprint density at radius 1 is 1.17 bits per heavy atom. The molecular formula is C13H13NO4. The summed E-state index contributed by atoms with van der Waals surface area (Å²) in [5, 5.41) is 1.06. The molecule has 0 aliphatic carbocycles. The Kier molecular flexibility index (Phi) is 3.06. The van der Waals surface area contributed by atoms with Gasteiger partial charge in [-0.2, -0.15) is 0 Å². The van der Waals surface area contributed by atoms with Crippen LogP contribution in [0, 0.1) is 0 Å². The highest BCUT2D eigenvalue weighted by atomic mass is 16.5. The first-order valence-electron chi connectivity index (χ1n) is 5.33. The third kappa shape index (κ3) is 1.73. The molecule has 0 N–H and O–H groups in total. The summed E-state index contributed by atoms with van der Waals surface area (Å²) in [5.41, 5.74) is 0.0388. The molecule has 0 aliphatic rings. The Labute approximate surface area is 104 Å². The van der Waals surface area contributed by atoms with E-state index in [1.807, 2.05) is 0 Å². The van der Waals surface area contributed by atoms with Gasteiger partial charge in [-0.25, -0.2) is 0 Å². The zero-order valence-corrected chi connectivity index (χ0v) is 10.4. The number of nitrogens with zero attached hydrogens (tertiary/aromatic N) is 1. The number of ether oxygens (including phenoxy) is 2. The van der Waals surface area contributed by atoms with Gasteiger partial charge in [0, 0.05) is 13.1 Å². The normalized spacial score (nSPS) is 10.4. The molecule has 5 heteroatoms. The van der Waals surface area contributed by atoms with Gasteiger partial charge in [0.2, 0.25) is 0 Å². The molecule has 0 spiro atoms. The van der Waals surface area contributed by atoms with Gasteiger partial charge in [0.1, 0.15) is 11.5 Å². The molecule has 0 fully saturated rings. The minimum atomic E-state index is -0.269. The first-order chi connectivity index (χ1) is 8.62. The third-order valence-corrected chi connectivity index (χ3v) is 2.89. The third-order valence-electron chi connectivity index (χ3n) is 2.89. The van der Waals surface area contributed by atoms with Crippen LogP contribution in [0.25, 0.3) is 10.8 Å². The number of hydrogen-bond donors (Lipinski definition) is 0. The van der Waals surface area contributed by atoms with Crippen molar-refractivity contribution < 1.29 is 14.3 Å². The van der Waals surface area contributed by atoms with Crippen LogP contribution in [0.5, 0.6) is 11.5 Å². The van der Waals surface area contributed by atoms with E-state index in [4.69, 9.17) is 9.47 Å². The highest BCUT2D eigenvalue weighted by Gasteiger charge is 2.12. The molecule has 0 unspecified atom stereocenters. The summed E-state index contributed by atoms with van der Waals surface area (Å²) in [6.07, 6.45) is 0.646. The van der Waals surface area contributed by atoms with Gasteiger partial charge in [0.15, 0.2) is 6.29 Å². The van der Waals surface area contributed by atoms with Gasteiger partial charge in [-0.3, -0.25) is 9.59 Å². The van der Waals surface area contributed by atoms with Gasteiger partial charge in [0.25, 0.3) is 5.56 Å². The molecule has 1 aromatic carbocycles. The molecule has 1 heterocycles. The number of carbonyl (C=O) groups excluding carboxylic acids is 1. The van der Waals surface area contributed by atoms with E-state index < -0.39 is 0 Å². The number of rotatable bonds is 3. The molecule has 94 valence electrons. The fraction of sp³-hybridized carbons (Fsp3) is 0.231. The Morgan fingerprint density at radius 3 is 2.44 bits per heavy atom. The smallest absolute Gasteiger partial charge is 0.262 e. The molecule has 5 nitrogen and oxygen atoms in total. The molecule has 0 saturated heterocycles. The van der Waals surface area contributed by atoms with E-state index in [0.717, 1.165) is 0 Å². The molecule has 0 bridgehead atoms. The Bertz CT molecular complexity index is 673. The lowest BCUT2D eigenvalue weighted by molar-refractivity contribution is 0.111. The summed E-state index contributed by atoms with van der Waals surface area (Å²) in [7, 11) is 4.57. The summed E-state index contributed by atoms with van der Waals surface area (Å²) >= 11 is 0. The van der Waals surface area contributed by atoms with E-state index >= 15 is 0 Å². The molecule has 0 radical (unpaired) electrons. The maximum Gasteiger partial charge on any atom is 0.262 e. The van der Waals surface area contributed by atoms with Gasteiger partial charge < -0.3 is 14.0 Å². The minimum Gasteiger partial charge on any atom is -0.497 e. The second-order valence-electron chi connectivity index (χ2n) is 3.85. The number of hydrogen-bond acceptors (Lipinski definition) is 4. The minimum absolute atomic E-state index is 0.269. The molecule has 0 atom stereocenters.